The first-order valence-corrected chi connectivity index (χ1v) is 11.8. The minimum atomic E-state index is -4.54. The van der Waals surface area contributed by atoms with Gasteiger partial charge in [0.25, 0.3) is 5.91 Å². The van der Waals surface area contributed by atoms with Crippen molar-refractivity contribution in [1.82, 2.24) is 14.8 Å². The number of nitrogens with zero attached hydrogens (tertiary/aromatic N) is 3. The Bertz CT molecular complexity index is 1350. The van der Waals surface area contributed by atoms with Gasteiger partial charge in [0.15, 0.2) is 0 Å². The number of pyridine rings is 1. The highest BCUT2D eigenvalue weighted by Crippen LogP contribution is 2.34. The molecule has 2 aromatic carbocycles. The summed E-state index contributed by atoms with van der Waals surface area (Å²) in [4.78, 5) is 21.1. The number of anilines is 2. The fourth-order valence-electron chi connectivity index (χ4n) is 4.16. The molecule has 1 aliphatic rings. The summed E-state index contributed by atoms with van der Waals surface area (Å²) in [6.07, 6.45) is -2.97. The molecule has 1 fully saturated rings. The third-order valence-electron chi connectivity index (χ3n) is 6.18. The van der Waals surface area contributed by atoms with Crippen molar-refractivity contribution in [2.45, 2.75) is 19.6 Å². The molecule has 1 aromatic heterocycles. The molecule has 0 aliphatic carbocycles. The van der Waals surface area contributed by atoms with E-state index in [1.165, 1.54) is 12.1 Å². The maximum Gasteiger partial charge on any atom is 0.416 e. The number of hydrogen-bond donors (Lipinski definition) is 2. The average Bonchev–Trinajstić information content (AvgIpc) is 2.85. The molecule has 4 rings (SSSR count). The molecule has 0 unspecified atom stereocenters. The van der Waals surface area contributed by atoms with Gasteiger partial charge in [0.2, 0.25) is 0 Å². The molecule has 0 spiro atoms. The highest BCUT2D eigenvalue weighted by Gasteiger charge is 2.34. The molecular formula is C28H28F3N5O. The number of aryl methyl sites for hydroxylation is 1. The van der Waals surface area contributed by atoms with E-state index in [1.807, 2.05) is 24.9 Å². The van der Waals surface area contributed by atoms with Crippen LogP contribution in [0.4, 0.5) is 24.7 Å². The number of nitrogen functional groups attached to an aromatic ring is 1. The van der Waals surface area contributed by atoms with Gasteiger partial charge in [-0.15, -0.1) is 0 Å². The fourth-order valence-corrected chi connectivity index (χ4v) is 4.16. The zero-order valence-electron chi connectivity index (χ0n) is 20.7. The van der Waals surface area contributed by atoms with Gasteiger partial charge in [0, 0.05) is 55.7 Å². The summed E-state index contributed by atoms with van der Waals surface area (Å²) in [5.74, 6) is 5.69. The minimum absolute atomic E-state index is 0.0803. The summed E-state index contributed by atoms with van der Waals surface area (Å²) < 4.78 is 41.7. The third kappa shape index (κ3) is 6.88. The molecule has 2 heterocycles. The SMILES string of the molecule is Cc1cc(C#Cc2cccnc2N)cc(C(=O)Nc2ccc(CN3CCN(C)CC3)c(C(F)(F)F)c2)c1. The van der Waals surface area contributed by atoms with Crippen LogP contribution in [0.1, 0.15) is 38.2 Å². The summed E-state index contributed by atoms with van der Waals surface area (Å²) >= 11 is 0. The normalized spacial score (nSPS) is 14.6. The number of halogens is 3. The van der Waals surface area contributed by atoms with Crippen LogP contribution in [0.2, 0.25) is 0 Å². The van der Waals surface area contributed by atoms with Crippen molar-refractivity contribution in [3.05, 3.63) is 88.1 Å². The molecule has 1 aliphatic heterocycles. The molecule has 6 nitrogen and oxygen atoms in total. The Morgan fingerprint density at radius 1 is 1.08 bits per heavy atom. The third-order valence-corrected chi connectivity index (χ3v) is 6.18. The molecule has 1 saturated heterocycles. The number of amides is 1. The van der Waals surface area contributed by atoms with Crippen molar-refractivity contribution >= 4 is 17.4 Å². The molecule has 3 aromatic rings. The molecular weight excluding hydrogens is 479 g/mol. The molecule has 0 saturated carbocycles. The summed E-state index contributed by atoms with van der Waals surface area (Å²) in [6.45, 7) is 5.06. The number of carbonyl (C=O) groups excluding carboxylic acids is 1. The van der Waals surface area contributed by atoms with E-state index in [0.717, 1.165) is 24.7 Å². The minimum Gasteiger partial charge on any atom is -0.383 e. The predicted octanol–water partition coefficient (Wildman–Crippen LogP) is 4.39. The van der Waals surface area contributed by atoms with Crippen LogP contribution in [0.25, 0.3) is 0 Å². The van der Waals surface area contributed by atoms with E-state index in [-0.39, 0.29) is 17.8 Å². The van der Waals surface area contributed by atoms with E-state index in [2.05, 4.69) is 27.0 Å². The molecule has 9 heteroatoms. The highest BCUT2D eigenvalue weighted by molar-refractivity contribution is 6.04. The number of hydrogen-bond acceptors (Lipinski definition) is 5. The fraction of sp³-hybridized carbons (Fsp3) is 0.286. The molecule has 0 radical (unpaired) electrons. The van der Waals surface area contributed by atoms with Gasteiger partial charge < -0.3 is 16.0 Å². The van der Waals surface area contributed by atoms with Gasteiger partial charge in [-0.2, -0.15) is 13.2 Å². The number of rotatable bonds is 4. The molecule has 37 heavy (non-hydrogen) atoms. The van der Waals surface area contributed by atoms with E-state index < -0.39 is 17.6 Å². The number of aromatic nitrogens is 1. The molecule has 1 amide bonds. The van der Waals surface area contributed by atoms with Crippen LogP contribution in [0.3, 0.4) is 0 Å². The number of piperazine rings is 1. The molecule has 3 N–H and O–H groups in total. The Hall–Kier alpha value is -3.87. The predicted molar refractivity (Wildman–Crippen MR) is 138 cm³/mol. The number of alkyl halides is 3. The van der Waals surface area contributed by atoms with E-state index in [0.29, 0.717) is 35.6 Å². The van der Waals surface area contributed by atoms with Crippen LogP contribution in [0.5, 0.6) is 0 Å². The average molecular weight is 508 g/mol. The summed E-state index contributed by atoms with van der Waals surface area (Å²) in [6, 6.07) is 12.5. The first-order valence-electron chi connectivity index (χ1n) is 11.8. The van der Waals surface area contributed by atoms with Crippen LogP contribution in [0, 0.1) is 18.8 Å². The second kappa shape index (κ2) is 11.0. The second-order valence-electron chi connectivity index (χ2n) is 9.18. The van der Waals surface area contributed by atoms with Crippen LogP contribution >= 0.6 is 0 Å². The standard InChI is InChI=1S/C28H28F3N5O/c1-19-14-20(5-6-21-4-3-9-33-26(21)32)16-23(15-19)27(37)34-24-8-7-22(25(17-24)28(29,30)31)18-36-12-10-35(2)11-13-36/h3-4,7-9,14-17H,10-13,18H2,1-2H3,(H2,32,33)(H,34,37). The van der Waals surface area contributed by atoms with E-state index >= 15 is 0 Å². The Balaban J connectivity index is 1.54. The number of nitrogens with two attached hydrogens (primary N) is 1. The zero-order valence-corrected chi connectivity index (χ0v) is 20.7. The molecule has 0 atom stereocenters. The topological polar surface area (TPSA) is 74.5 Å². The van der Waals surface area contributed by atoms with Gasteiger partial charge in [-0.05, 0) is 67.6 Å². The number of likely N-dealkylation sites (N-methyl/N-ethyl adjacent to an activating group) is 1. The number of nitrogens with one attached hydrogen (secondary N) is 1. The first-order chi connectivity index (χ1) is 17.6. The summed E-state index contributed by atoms with van der Waals surface area (Å²) in [7, 11) is 2.00. The van der Waals surface area contributed by atoms with Crippen molar-refractivity contribution in [3.8, 4) is 11.8 Å². The number of carbonyl (C=O) groups is 1. The second-order valence-corrected chi connectivity index (χ2v) is 9.18. The lowest BCUT2D eigenvalue weighted by Gasteiger charge is -2.33. The van der Waals surface area contributed by atoms with E-state index in [4.69, 9.17) is 5.73 Å². The van der Waals surface area contributed by atoms with Gasteiger partial charge in [0.1, 0.15) is 5.82 Å². The largest absolute Gasteiger partial charge is 0.416 e. The van der Waals surface area contributed by atoms with Crippen molar-refractivity contribution < 1.29 is 18.0 Å². The van der Waals surface area contributed by atoms with Gasteiger partial charge in [-0.25, -0.2) is 4.98 Å². The summed E-state index contributed by atoms with van der Waals surface area (Å²) in [5.41, 5.74) is 7.57. The smallest absolute Gasteiger partial charge is 0.383 e. The van der Waals surface area contributed by atoms with Crippen molar-refractivity contribution in [2.24, 2.45) is 0 Å². The first kappa shape index (κ1) is 26.2. The zero-order chi connectivity index (χ0) is 26.6. The lowest BCUT2D eigenvalue weighted by atomic mass is 10.0. The van der Waals surface area contributed by atoms with Crippen LogP contribution in [-0.2, 0) is 12.7 Å². The monoisotopic (exact) mass is 507 g/mol. The van der Waals surface area contributed by atoms with Gasteiger partial charge in [-0.3, -0.25) is 9.69 Å². The van der Waals surface area contributed by atoms with Crippen molar-refractivity contribution in [2.75, 3.05) is 44.3 Å². The summed E-state index contributed by atoms with van der Waals surface area (Å²) in [5, 5.41) is 2.61. The Morgan fingerprint density at radius 2 is 1.84 bits per heavy atom. The van der Waals surface area contributed by atoms with Gasteiger partial charge in [-0.1, -0.05) is 17.9 Å². The maximum atomic E-state index is 13.9. The van der Waals surface area contributed by atoms with Crippen molar-refractivity contribution in [1.29, 1.82) is 0 Å². The molecule has 0 bridgehead atoms. The number of benzene rings is 2. The highest BCUT2D eigenvalue weighted by atomic mass is 19.4. The Labute approximate surface area is 214 Å². The lowest BCUT2D eigenvalue weighted by molar-refractivity contribution is -0.138. The lowest BCUT2D eigenvalue weighted by Crippen LogP contribution is -2.44. The van der Waals surface area contributed by atoms with Gasteiger partial charge in [0.05, 0.1) is 11.1 Å². The quantitative estimate of drug-likeness (QED) is 0.513. The van der Waals surface area contributed by atoms with Crippen LogP contribution < -0.4 is 11.1 Å². The van der Waals surface area contributed by atoms with Crippen LogP contribution in [-0.4, -0.2) is 53.9 Å². The van der Waals surface area contributed by atoms with Crippen LogP contribution in [0.15, 0.2) is 54.7 Å². The maximum absolute atomic E-state index is 13.9. The van der Waals surface area contributed by atoms with E-state index in [9.17, 15) is 18.0 Å². The Kier molecular flexibility index (Phi) is 7.81. The molecule has 192 valence electrons. The Morgan fingerprint density at radius 3 is 2.54 bits per heavy atom. The van der Waals surface area contributed by atoms with Crippen molar-refractivity contribution in [3.63, 3.8) is 0 Å². The van der Waals surface area contributed by atoms with Gasteiger partial charge >= 0.3 is 6.18 Å². The van der Waals surface area contributed by atoms with E-state index in [1.54, 1.807) is 30.5 Å².